The van der Waals surface area contributed by atoms with Gasteiger partial charge in [0.2, 0.25) is 0 Å². The Morgan fingerprint density at radius 2 is 1.85 bits per heavy atom. The molecule has 26 heavy (non-hydrogen) atoms. The van der Waals surface area contributed by atoms with E-state index >= 15 is 0 Å². The lowest BCUT2D eigenvalue weighted by Crippen LogP contribution is -2.64. The molecule has 3 saturated heterocycles. The van der Waals surface area contributed by atoms with Crippen LogP contribution < -0.4 is 0 Å². The van der Waals surface area contributed by atoms with Crippen LogP contribution in [-0.2, 0) is 37.9 Å². The predicted octanol–water partition coefficient (Wildman–Crippen LogP) is 1.45. The highest BCUT2D eigenvalue weighted by atomic mass is 16.9. The standard InChI is InChI=1S/C18H32O8/c1-11(2)23-15-14(19-6)12(9-22-13-10-20-7-8-21-13)24-18(5)16(15)25-17(3,4)26-18/h11-16H,7-10H2,1-6H3/t12?,13?,14-,15?,16?,18+/m0/s1. The van der Waals surface area contributed by atoms with Crippen molar-refractivity contribution in [1.82, 2.24) is 0 Å². The van der Waals surface area contributed by atoms with Gasteiger partial charge in [-0.2, -0.15) is 0 Å². The molecule has 3 heterocycles. The second-order valence-electron chi connectivity index (χ2n) is 7.77. The van der Waals surface area contributed by atoms with Crippen molar-refractivity contribution < 1.29 is 37.9 Å². The smallest absolute Gasteiger partial charge is 0.198 e. The van der Waals surface area contributed by atoms with E-state index in [4.69, 9.17) is 37.9 Å². The third-order valence-electron chi connectivity index (χ3n) is 4.68. The van der Waals surface area contributed by atoms with Crippen molar-refractivity contribution in [1.29, 1.82) is 0 Å². The summed E-state index contributed by atoms with van der Waals surface area (Å²) in [5.41, 5.74) is 0. The van der Waals surface area contributed by atoms with E-state index in [2.05, 4.69) is 0 Å². The number of rotatable bonds is 6. The molecule has 3 aliphatic rings. The number of hydrogen-bond acceptors (Lipinski definition) is 8. The van der Waals surface area contributed by atoms with Gasteiger partial charge in [0.05, 0.1) is 32.5 Å². The molecule has 0 aromatic carbocycles. The van der Waals surface area contributed by atoms with Crippen LogP contribution in [0.25, 0.3) is 0 Å². The molecule has 8 heteroatoms. The fraction of sp³-hybridized carbons (Fsp3) is 1.00. The lowest BCUT2D eigenvalue weighted by molar-refractivity contribution is -0.333. The molecule has 0 aliphatic carbocycles. The summed E-state index contributed by atoms with van der Waals surface area (Å²) in [6.07, 6.45) is -1.92. The van der Waals surface area contributed by atoms with Gasteiger partial charge < -0.3 is 37.9 Å². The summed E-state index contributed by atoms with van der Waals surface area (Å²) in [6.45, 7) is 11.4. The Bertz CT molecular complexity index is 464. The van der Waals surface area contributed by atoms with Gasteiger partial charge in [-0.05, 0) is 34.6 Å². The van der Waals surface area contributed by atoms with E-state index in [1.54, 1.807) is 7.11 Å². The summed E-state index contributed by atoms with van der Waals surface area (Å²) in [6, 6.07) is 0. The van der Waals surface area contributed by atoms with Gasteiger partial charge in [0.25, 0.3) is 0 Å². The van der Waals surface area contributed by atoms with E-state index in [0.717, 1.165) is 0 Å². The fourth-order valence-electron chi connectivity index (χ4n) is 3.83. The highest BCUT2D eigenvalue weighted by molar-refractivity contribution is 5.02. The molecule has 0 bridgehead atoms. The van der Waals surface area contributed by atoms with Crippen LogP contribution in [0.4, 0.5) is 0 Å². The van der Waals surface area contributed by atoms with Crippen LogP contribution >= 0.6 is 0 Å². The lowest BCUT2D eigenvalue weighted by Gasteiger charge is -2.47. The summed E-state index contributed by atoms with van der Waals surface area (Å²) in [7, 11) is 1.64. The molecular weight excluding hydrogens is 344 g/mol. The van der Waals surface area contributed by atoms with E-state index in [0.29, 0.717) is 19.8 Å². The van der Waals surface area contributed by atoms with Gasteiger partial charge >= 0.3 is 0 Å². The molecule has 0 aromatic heterocycles. The van der Waals surface area contributed by atoms with Crippen molar-refractivity contribution in [3.63, 3.8) is 0 Å². The molecule has 152 valence electrons. The van der Waals surface area contributed by atoms with Gasteiger partial charge in [0.1, 0.15) is 24.4 Å². The Labute approximate surface area is 155 Å². The Hall–Kier alpha value is -0.320. The lowest BCUT2D eigenvalue weighted by atomic mass is 9.93. The molecule has 3 aliphatic heterocycles. The van der Waals surface area contributed by atoms with E-state index in [1.165, 1.54) is 0 Å². The first-order valence-corrected chi connectivity index (χ1v) is 9.29. The van der Waals surface area contributed by atoms with E-state index < -0.39 is 30.1 Å². The average Bonchev–Trinajstić information content (AvgIpc) is 2.82. The van der Waals surface area contributed by atoms with Crippen molar-refractivity contribution >= 4 is 0 Å². The van der Waals surface area contributed by atoms with Crippen molar-refractivity contribution in [2.45, 2.75) is 83.0 Å². The largest absolute Gasteiger partial charge is 0.376 e. The molecule has 0 amide bonds. The van der Waals surface area contributed by atoms with Crippen molar-refractivity contribution in [3.8, 4) is 0 Å². The first-order chi connectivity index (χ1) is 12.2. The minimum atomic E-state index is -0.948. The molecule has 3 rings (SSSR count). The van der Waals surface area contributed by atoms with Crippen LogP contribution in [0.2, 0.25) is 0 Å². The van der Waals surface area contributed by atoms with Gasteiger partial charge in [-0.1, -0.05) is 0 Å². The topological polar surface area (TPSA) is 73.8 Å². The zero-order valence-corrected chi connectivity index (χ0v) is 16.6. The summed E-state index contributed by atoms with van der Waals surface area (Å²) < 4.78 is 47.1. The molecular formula is C18H32O8. The number of ether oxygens (including phenoxy) is 8. The first-order valence-electron chi connectivity index (χ1n) is 9.29. The number of hydrogen-bond donors (Lipinski definition) is 0. The monoisotopic (exact) mass is 376 g/mol. The number of methoxy groups -OCH3 is 1. The minimum Gasteiger partial charge on any atom is -0.376 e. The van der Waals surface area contributed by atoms with Gasteiger partial charge in [0.15, 0.2) is 17.9 Å². The van der Waals surface area contributed by atoms with Crippen LogP contribution in [-0.4, -0.2) is 81.9 Å². The zero-order chi connectivity index (χ0) is 18.9. The maximum absolute atomic E-state index is 6.27. The van der Waals surface area contributed by atoms with Gasteiger partial charge in [-0.3, -0.25) is 0 Å². The van der Waals surface area contributed by atoms with Gasteiger partial charge in [-0.25, -0.2) is 0 Å². The molecule has 0 saturated carbocycles. The molecule has 3 fully saturated rings. The van der Waals surface area contributed by atoms with Crippen molar-refractivity contribution in [2.75, 3.05) is 33.5 Å². The molecule has 0 N–H and O–H groups in total. The van der Waals surface area contributed by atoms with Crippen LogP contribution in [0.5, 0.6) is 0 Å². The number of fused-ring (bicyclic) bond motifs is 1. The van der Waals surface area contributed by atoms with Crippen LogP contribution in [0.1, 0.15) is 34.6 Å². The predicted molar refractivity (Wildman–Crippen MR) is 90.6 cm³/mol. The molecule has 8 nitrogen and oxygen atoms in total. The Kier molecular flexibility index (Phi) is 6.26. The molecule has 0 radical (unpaired) electrons. The maximum Gasteiger partial charge on any atom is 0.198 e. The summed E-state index contributed by atoms with van der Waals surface area (Å²) >= 11 is 0. The minimum absolute atomic E-state index is 0.00367. The highest BCUT2D eigenvalue weighted by Gasteiger charge is 2.62. The summed E-state index contributed by atoms with van der Waals surface area (Å²) in [4.78, 5) is 0. The van der Waals surface area contributed by atoms with Crippen LogP contribution in [0, 0.1) is 0 Å². The molecule has 6 atom stereocenters. The fourth-order valence-corrected chi connectivity index (χ4v) is 3.83. The third kappa shape index (κ3) is 4.39. The van der Waals surface area contributed by atoms with Crippen LogP contribution in [0.15, 0.2) is 0 Å². The third-order valence-corrected chi connectivity index (χ3v) is 4.68. The Morgan fingerprint density at radius 1 is 1.08 bits per heavy atom. The van der Waals surface area contributed by atoms with E-state index in [1.807, 2.05) is 34.6 Å². The van der Waals surface area contributed by atoms with E-state index in [9.17, 15) is 0 Å². The molecule has 0 aromatic rings. The van der Waals surface area contributed by atoms with Crippen LogP contribution in [0.3, 0.4) is 0 Å². The SMILES string of the molecule is CO[C@H]1C(COC2COCCO2)O[C@]2(C)OC(C)(C)OC2C1OC(C)C. The van der Waals surface area contributed by atoms with E-state index in [-0.39, 0.29) is 24.9 Å². The van der Waals surface area contributed by atoms with Crippen molar-refractivity contribution in [2.24, 2.45) is 0 Å². The second kappa shape index (κ2) is 7.97. The Morgan fingerprint density at radius 3 is 2.46 bits per heavy atom. The quantitative estimate of drug-likeness (QED) is 0.690. The zero-order valence-electron chi connectivity index (χ0n) is 16.6. The summed E-state index contributed by atoms with van der Waals surface area (Å²) in [5.74, 6) is -1.72. The summed E-state index contributed by atoms with van der Waals surface area (Å²) in [5, 5.41) is 0. The molecule has 4 unspecified atom stereocenters. The van der Waals surface area contributed by atoms with Gasteiger partial charge in [0, 0.05) is 7.11 Å². The highest BCUT2D eigenvalue weighted by Crippen LogP contribution is 2.45. The van der Waals surface area contributed by atoms with Gasteiger partial charge in [-0.15, -0.1) is 0 Å². The maximum atomic E-state index is 6.27. The average molecular weight is 376 g/mol. The molecule has 0 spiro atoms. The Balaban J connectivity index is 1.75. The second-order valence-corrected chi connectivity index (χ2v) is 7.77. The van der Waals surface area contributed by atoms with Crippen molar-refractivity contribution in [3.05, 3.63) is 0 Å². The first kappa shape index (κ1) is 20.4. The normalized spacial score (nSPS) is 42.8.